The molecule has 1 N–H and O–H groups in total. The van der Waals surface area contributed by atoms with Crippen LogP contribution in [0.2, 0.25) is 0 Å². The van der Waals surface area contributed by atoms with E-state index in [-0.39, 0.29) is 17.8 Å². The maximum Gasteiger partial charge on any atom is 0.423 e. The number of aromatic nitrogens is 1. The number of ether oxygens (including phenoxy) is 1. The number of benzene rings is 1. The summed E-state index contributed by atoms with van der Waals surface area (Å²) in [5, 5.41) is 25.0. The SMILES string of the molecule is O=C([O-])N1CCN(c2ccnc(OC3CCC(Nc4ccc([N+](=O)[O-])c(C(F)(F)F)c4)CC3)c2)CC1. The Kier molecular flexibility index (Phi) is 7.36. The minimum absolute atomic E-state index is 0.0910. The van der Waals surface area contributed by atoms with Crippen molar-refractivity contribution in [2.24, 2.45) is 0 Å². The zero-order valence-electron chi connectivity index (χ0n) is 19.2. The van der Waals surface area contributed by atoms with Gasteiger partial charge in [0.2, 0.25) is 5.88 Å². The highest BCUT2D eigenvalue weighted by molar-refractivity contribution is 5.63. The lowest BCUT2D eigenvalue weighted by atomic mass is 9.92. The topological polar surface area (TPSA) is 124 Å². The molecule has 1 aliphatic carbocycles. The van der Waals surface area contributed by atoms with Gasteiger partial charge in [0, 0.05) is 61.9 Å². The molecule has 1 aromatic carbocycles. The molecule has 1 saturated carbocycles. The van der Waals surface area contributed by atoms with Gasteiger partial charge in [-0.2, -0.15) is 13.2 Å². The summed E-state index contributed by atoms with van der Waals surface area (Å²) in [7, 11) is 0. The normalized spacial score (nSPS) is 20.6. The first-order valence-electron chi connectivity index (χ1n) is 11.6. The number of carboxylic acid groups (broad SMARTS) is 1. The Morgan fingerprint density at radius 1 is 1.08 bits per heavy atom. The molecule has 2 aliphatic rings. The van der Waals surface area contributed by atoms with Gasteiger partial charge in [0.05, 0.1) is 4.92 Å². The fourth-order valence-electron chi connectivity index (χ4n) is 4.55. The number of hydrogen-bond donors (Lipinski definition) is 1. The minimum atomic E-state index is -4.83. The van der Waals surface area contributed by atoms with Gasteiger partial charge >= 0.3 is 6.18 Å². The summed E-state index contributed by atoms with van der Waals surface area (Å²) >= 11 is 0. The number of nitro groups is 1. The van der Waals surface area contributed by atoms with Crippen molar-refractivity contribution < 1.29 is 32.7 Å². The fourth-order valence-corrected chi connectivity index (χ4v) is 4.55. The van der Waals surface area contributed by atoms with Gasteiger partial charge in [0.1, 0.15) is 17.8 Å². The Bertz CT molecular complexity index is 1100. The number of halogens is 3. The molecule has 2 heterocycles. The number of pyridine rings is 1. The number of nitrogens with zero attached hydrogens (tertiary/aromatic N) is 4. The molecule has 1 aromatic heterocycles. The molecular formula is C23H25F3N5O5-. The van der Waals surface area contributed by atoms with Gasteiger partial charge in [-0.15, -0.1) is 0 Å². The second-order valence-corrected chi connectivity index (χ2v) is 8.81. The van der Waals surface area contributed by atoms with E-state index in [0.717, 1.165) is 17.8 Å². The van der Waals surface area contributed by atoms with Crippen LogP contribution in [0.25, 0.3) is 0 Å². The van der Waals surface area contributed by atoms with Crippen LogP contribution in [0.1, 0.15) is 31.2 Å². The molecule has 13 heteroatoms. The lowest BCUT2D eigenvalue weighted by Crippen LogP contribution is -2.52. The van der Waals surface area contributed by atoms with Crippen LogP contribution in [0.15, 0.2) is 36.5 Å². The third kappa shape index (κ3) is 6.07. The van der Waals surface area contributed by atoms with Gasteiger partial charge in [-0.05, 0) is 43.9 Å². The first kappa shape index (κ1) is 25.3. The molecular weight excluding hydrogens is 483 g/mol. The number of hydrogen-bond acceptors (Lipinski definition) is 8. The van der Waals surface area contributed by atoms with Crippen molar-refractivity contribution in [1.82, 2.24) is 9.88 Å². The average molecular weight is 508 g/mol. The Labute approximate surface area is 204 Å². The number of anilines is 2. The van der Waals surface area contributed by atoms with Crippen molar-refractivity contribution in [3.63, 3.8) is 0 Å². The van der Waals surface area contributed by atoms with Crippen molar-refractivity contribution >= 4 is 23.2 Å². The molecule has 4 rings (SSSR count). The Morgan fingerprint density at radius 3 is 2.39 bits per heavy atom. The second kappa shape index (κ2) is 10.5. The zero-order valence-corrected chi connectivity index (χ0v) is 19.2. The molecule has 0 spiro atoms. The van der Waals surface area contributed by atoms with Gasteiger partial charge in [0.25, 0.3) is 5.69 Å². The quantitative estimate of drug-likeness (QED) is 0.466. The van der Waals surface area contributed by atoms with Crippen molar-refractivity contribution in [2.75, 3.05) is 36.4 Å². The Hall–Kier alpha value is -3.77. The van der Waals surface area contributed by atoms with E-state index >= 15 is 0 Å². The molecule has 0 unspecified atom stereocenters. The summed E-state index contributed by atoms with van der Waals surface area (Å²) in [6, 6.07) is 6.50. The second-order valence-electron chi connectivity index (χ2n) is 8.81. The van der Waals surface area contributed by atoms with E-state index in [1.54, 1.807) is 6.20 Å². The molecule has 2 aromatic rings. The number of piperazine rings is 1. The van der Waals surface area contributed by atoms with Crippen molar-refractivity contribution in [3.05, 3.63) is 52.2 Å². The highest BCUT2D eigenvalue weighted by atomic mass is 19.4. The van der Waals surface area contributed by atoms with Crippen LogP contribution in [-0.4, -0.2) is 59.2 Å². The average Bonchev–Trinajstić information content (AvgIpc) is 2.85. The molecule has 1 aliphatic heterocycles. The number of amides is 1. The van der Waals surface area contributed by atoms with Crippen LogP contribution >= 0.6 is 0 Å². The van der Waals surface area contributed by atoms with E-state index in [1.165, 1.54) is 11.0 Å². The number of nitrogens with one attached hydrogen (secondary N) is 1. The minimum Gasteiger partial charge on any atom is -0.530 e. The van der Waals surface area contributed by atoms with Gasteiger partial charge < -0.3 is 29.8 Å². The number of rotatable bonds is 6. The van der Waals surface area contributed by atoms with Crippen LogP contribution in [-0.2, 0) is 6.18 Å². The van der Waals surface area contributed by atoms with Crippen LogP contribution < -0.4 is 20.1 Å². The van der Waals surface area contributed by atoms with Crippen LogP contribution in [0.5, 0.6) is 5.88 Å². The lowest BCUT2D eigenvalue weighted by Gasteiger charge is -2.37. The van der Waals surface area contributed by atoms with E-state index in [9.17, 15) is 33.2 Å². The highest BCUT2D eigenvalue weighted by Gasteiger charge is 2.38. The molecule has 1 saturated heterocycles. The number of alkyl halides is 3. The molecule has 0 bridgehead atoms. The smallest absolute Gasteiger partial charge is 0.423 e. The largest absolute Gasteiger partial charge is 0.530 e. The predicted octanol–water partition coefficient (Wildman–Crippen LogP) is 3.28. The molecule has 0 radical (unpaired) electrons. The summed E-state index contributed by atoms with van der Waals surface area (Å²) in [5.41, 5.74) is -1.18. The third-order valence-corrected chi connectivity index (χ3v) is 6.45. The third-order valence-electron chi connectivity index (χ3n) is 6.45. The molecule has 0 atom stereocenters. The van der Waals surface area contributed by atoms with E-state index in [1.807, 2.05) is 17.0 Å². The Balaban J connectivity index is 1.31. The van der Waals surface area contributed by atoms with Crippen molar-refractivity contribution in [1.29, 1.82) is 0 Å². The fraction of sp³-hybridized carbons (Fsp3) is 0.478. The molecule has 194 valence electrons. The van der Waals surface area contributed by atoms with Crippen molar-refractivity contribution in [3.8, 4) is 5.88 Å². The Morgan fingerprint density at radius 2 is 1.78 bits per heavy atom. The first-order chi connectivity index (χ1) is 17.1. The number of nitro benzene ring substituents is 1. The molecule has 1 amide bonds. The molecule has 36 heavy (non-hydrogen) atoms. The summed E-state index contributed by atoms with van der Waals surface area (Å²) in [6.45, 7) is 1.79. The van der Waals surface area contributed by atoms with Gasteiger partial charge in [-0.25, -0.2) is 4.98 Å². The highest BCUT2D eigenvalue weighted by Crippen LogP contribution is 2.38. The zero-order chi connectivity index (χ0) is 25.9. The number of carbonyl (C=O) groups is 1. The molecule has 2 fully saturated rings. The van der Waals surface area contributed by atoms with E-state index in [0.29, 0.717) is 57.7 Å². The maximum absolute atomic E-state index is 13.2. The summed E-state index contributed by atoms with van der Waals surface area (Å²) in [6.07, 6.45) is -1.86. The van der Waals surface area contributed by atoms with Crippen LogP contribution in [0.3, 0.4) is 0 Å². The number of carbonyl (C=O) groups excluding carboxylic acids is 1. The predicted molar refractivity (Wildman–Crippen MR) is 122 cm³/mol. The summed E-state index contributed by atoms with van der Waals surface area (Å²) < 4.78 is 45.8. The van der Waals surface area contributed by atoms with Gasteiger partial charge in [-0.3, -0.25) is 10.1 Å². The van der Waals surface area contributed by atoms with Gasteiger partial charge in [0.15, 0.2) is 0 Å². The van der Waals surface area contributed by atoms with Crippen molar-refractivity contribution in [2.45, 2.75) is 44.0 Å². The van der Waals surface area contributed by atoms with E-state index < -0.39 is 28.4 Å². The standard InChI is InChI=1S/C23H26F3N5O5/c24-23(25,26)19-13-16(3-6-20(19)31(34)35)28-15-1-4-18(5-2-15)36-21-14-17(7-8-27-21)29-9-11-30(12-10-29)22(32)33/h3,6-8,13-15,18,28H,1-2,4-5,9-12H2,(H,32,33)/p-1. The summed E-state index contributed by atoms with van der Waals surface area (Å²) in [4.78, 5) is 28.5. The lowest BCUT2D eigenvalue weighted by molar-refractivity contribution is -0.388. The first-order valence-corrected chi connectivity index (χ1v) is 11.6. The summed E-state index contributed by atoms with van der Waals surface area (Å²) in [5.74, 6) is 0.455. The van der Waals surface area contributed by atoms with E-state index in [2.05, 4.69) is 10.3 Å². The monoisotopic (exact) mass is 508 g/mol. The van der Waals surface area contributed by atoms with Crippen LogP contribution in [0.4, 0.5) is 35.0 Å². The maximum atomic E-state index is 13.2. The van der Waals surface area contributed by atoms with Crippen LogP contribution in [0, 0.1) is 10.1 Å². The molecule has 10 nitrogen and oxygen atoms in total. The van der Waals surface area contributed by atoms with Gasteiger partial charge in [-0.1, -0.05) is 0 Å². The van der Waals surface area contributed by atoms with E-state index in [4.69, 9.17) is 4.74 Å².